The predicted octanol–water partition coefficient (Wildman–Crippen LogP) is 1.66. The smallest absolute Gasteiger partial charge is 0.141 e. The summed E-state index contributed by atoms with van der Waals surface area (Å²) in [5.74, 6) is 0.473. The Kier molecular flexibility index (Phi) is 2.59. The van der Waals surface area contributed by atoms with Crippen molar-refractivity contribution in [3.8, 4) is 0 Å². The standard InChI is InChI=1S/C13H15FN2O/c14-10-4-2-1-3-8(10)5-6-9-7-11-12(17-11)13(15)16-9/h1-4,9,11-12H,5-7H2,(H2,15,16)/t9-,11?,12?/m0/s1. The lowest BCUT2D eigenvalue weighted by molar-refractivity contribution is 0.374. The van der Waals surface area contributed by atoms with E-state index in [1.54, 1.807) is 6.07 Å². The minimum Gasteiger partial charge on any atom is -0.385 e. The first kappa shape index (κ1) is 10.7. The molecule has 0 aliphatic carbocycles. The van der Waals surface area contributed by atoms with Crippen LogP contribution in [0.4, 0.5) is 4.39 Å². The van der Waals surface area contributed by atoms with Crippen LogP contribution < -0.4 is 5.73 Å². The maximum absolute atomic E-state index is 13.4. The molecule has 0 radical (unpaired) electrons. The molecule has 1 aromatic rings. The van der Waals surface area contributed by atoms with Crippen molar-refractivity contribution in [1.82, 2.24) is 0 Å². The Balaban J connectivity index is 1.62. The molecule has 1 aromatic carbocycles. The van der Waals surface area contributed by atoms with Gasteiger partial charge in [-0.05, 0) is 30.9 Å². The third-order valence-electron chi connectivity index (χ3n) is 3.41. The average molecular weight is 234 g/mol. The number of aryl methyl sites for hydroxylation is 1. The van der Waals surface area contributed by atoms with Crippen LogP contribution in [0.2, 0.25) is 0 Å². The third kappa shape index (κ3) is 2.17. The van der Waals surface area contributed by atoms with Gasteiger partial charge in [0.15, 0.2) is 0 Å². The zero-order chi connectivity index (χ0) is 11.8. The third-order valence-corrected chi connectivity index (χ3v) is 3.41. The summed E-state index contributed by atoms with van der Waals surface area (Å²) < 4.78 is 18.8. The minimum atomic E-state index is -0.138. The van der Waals surface area contributed by atoms with Gasteiger partial charge in [0.25, 0.3) is 0 Å². The van der Waals surface area contributed by atoms with Gasteiger partial charge in [0.1, 0.15) is 17.8 Å². The van der Waals surface area contributed by atoms with Gasteiger partial charge in [-0.2, -0.15) is 0 Å². The SMILES string of the molecule is NC1=N[C@@H](CCc2ccccc2F)CC2OC12. The molecule has 1 fully saturated rings. The summed E-state index contributed by atoms with van der Waals surface area (Å²) >= 11 is 0. The van der Waals surface area contributed by atoms with Crippen molar-refractivity contribution in [3.05, 3.63) is 35.6 Å². The zero-order valence-electron chi connectivity index (χ0n) is 9.47. The van der Waals surface area contributed by atoms with Crippen molar-refractivity contribution in [3.63, 3.8) is 0 Å². The molecule has 0 bridgehead atoms. The van der Waals surface area contributed by atoms with E-state index in [2.05, 4.69) is 4.99 Å². The number of hydrogen-bond donors (Lipinski definition) is 1. The molecular weight excluding hydrogens is 219 g/mol. The number of rotatable bonds is 3. The summed E-state index contributed by atoms with van der Waals surface area (Å²) in [5.41, 5.74) is 6.51. The van der Waals surface area contributed by atoms with Crippen molar-refractivity contribution in [2.24, 2.45) is 10.7 Å². The summed E-state index contributed by atoms with van der Waals surface area (Å²) in [6.07, 6.45) is 2.78. The Labute approximate surface area is 99.5 Å². The van der Waals surface area contributed by atoms with Gasteiger partial charge >= 0.3 is 0 Å². The molecule has 0 spiro atoms. The van der Waals surface area contributed by atoms with Gasteiger partial charge in [0.2, 0.25) is 0 Å². The molecule has 1 saturated heterocycles. The molecule has 2 unspecified atom stereocenters. The van der Waals surface area contributed by atoms with E-state index in [9.17, 15) is 4.39 Å². The van der Waals surface area contributed by atoms with Crippen LogP contribution in [0.1, 0.15) is 18.4 Å². The van der Waals surface area contributed by atoms with Crippen molar-refractivity contribution in [2.45, 2.75) is 37.5 Å². The van der Waals surface area contributed by atoms with Gasteiger partial charge in [-0.3, -0.25) is 4.99 Å². The topological polar surface area (TPSA) is 50.9 Å². The number of fused-ring (bicyclic) bond motifs is 1. The van der Waals surface area contributed by atoms with Crippen molar-refractivity contribution < 1.29 is 9.13 Å². The molecule has 2 aliphatic rings. The molecular formula is C13H15FN2O. The van der Waals surface area contributed by atoms with Crippen molar-refractivity contribution in [1.29, 1.82) is 0 Å². The fourth-order valence-electron chi connectivity index (χ4n) is 2.39. The van der Waals surface area contributed by atoms with Gasteiger partial charge < -0.3 is 10.5 Å². The Hall–Kier alpha value is -1.42. The number of halogens is 1. The number of hydrogen-bond acceptors (Lipinski definition) is 3. The molecule has 4 heteroatoms. The number of nitrogens with zero attached hydrogens (tertiary/aromatic N) is 1. The van der Waals surface area contributed by atoms with E-state index < -0.39 is 0 Å². The maximum atomic E-state index is 13.4. The minimum absolute atomic E-state index is 0.0692. The van der Waals surface area contributed by atoms with E-state index in [1.165, 1.54) is 6.07 Å². The zero-order valence-corrected chi connectivity index (χ0v) is 9.47. The predicted molar refractivity (Wildman–Crippen MR) is 63.4 cm³/mol. The van der Waals surface area contributed by atoms with E-state index in [-0.39, 0.29) is 24.1 Å². The molecule has 2 N–H and O–H groups in total. The number of epoxide rings is 1. The first-order chi connectivity index (χ1) is 8.24. The van der Waals surface area contributed by atoms with E-state index in [4.69, 9.17) is 10.5 Å². The lowest BCUT2D eigenvalue weighted by Crippen LogP contribution is -2.29. The fourth-order valence-corrected chi connectivity index (χ4v) is 2.39. The van der Waals surface area contributed by atoms with Crippen LogP contribution in [0.25, 0.3) is 0 Å². The number of amidine groups is 1. The Bertz CT molecular complexity index is 460. The van der Waals surface area contributed by atoms with E-state index >= 15 is 0 Å². The highest BCUT2D eigenvalue weighted by atomic mass is 19.1. The second-order valence-electron chi connectivity index (χ2n) is 4.67. The highest BCUT2D eigenvalue weighted by molar-refractivity contribution is 5.88. The maximum Gasteiger partial charge on any atom is 0.141 e. The molecule has 2 heterocycles. The van der Waals surface area contributed by atoms with Crippen molar-refractivity contribution >= 4 is 5.84 Å². The number of aliphatic imine (C=N–C) groups is 1. The summed E-state index contributed by atoms with van der Waals surface area (Å²) in [7, 11) is 0. The van der Waals surface area contributed by atoms with E-state index in [1.807, 2.05) is 12.1 Å². The van der Waals surface area contributed by atoms with Crippen LogP contribution in [-0.2, 0) is 11.2 Å². The van der Waals surface area contributed by atoms with Gasteiger partial charge in [-0.1, -0.05) is 18.2 Å². The quantitative estimate of drug-likeness (QED) is 0.808. The number of benzene rings is 1. The molecule has 3 rings (SSSR count). The fraction of sp³-hybridized carbons (Fsp3) is 0.462. The van der Waals surface area contributed by atoms with Crippen LogP contribution in [-0.4, -0.2) is 24.1 Å². The highest BCUT2D eigenvalue weighted by Crippen LogP contribution is 2.33. The molecule has 0 saturated carbocycles. The molecule has 3 atom stereocenters. The van der Waals surface area contributed by atoms with E-state index in [0.717, 1.165) is 18.4 Å². The highest BCUT2D eigenvalue weighted by Gasteiger charge is 2.46. The lowest BCUT2D eigenvalue weighted by atomic mass is 9.98. The Morgan fingerprint density at radius 3 is 3.00 bits per heavy atom. The molecule has 3 nitrogen and oxygen atoms in total. The Morgan fingerprint density at radius 2 is 2.24 bits per heavy atom. The Morgan fingerprint density at radius 1 is 1.41 bits per heavy atom. The van der Waals surface area contributed by atoms with Gasteiger partial charge in [0, 0.05) is 0 Å². The van der Waals surface area contributed by atoms with Gasteiger partial charge in [-0.15, -0.1) is 0 Å². The van der Waals surface area contributed by atoms with Gasteiger partial charge in [-0.25, -0.2) is 4.39 Å². The largest absolute Gasteiger partial charge is 0.385 e. The summed E-state index contributed by atoms with van der Waals surface area (Å²) in [6.45, 7) is 0. The molecule has 0 amide bonds. The average Bonchev–Trinajstić information content (AvgIpc) is 3.08. The second kappa shape index (κ2) is 4.11. The summed E-state index contributed by atoms with van der Waals surface area (Å²) in [6, 6.07) is 7.06. The molecule has 2 aliphatic heterocycles. The molecule has 0 aromatic heterocycles. The number of ether oxygens (including phenoxy) is 1. The first-order valence-corrected chi connectivity index (χ1v) is 5.96. The monoisotopic (exact) mass is 234 g/mol. The van der Waals surface area contributed by atoms with E-state index in [0.29, 0.717) is 12.3 Å². The number of nitrogens with two attached hydrogens (primary N) is 1. The van der Waals surface area contributed by atoms with Crippen LogP contribution in [0.5, 0.6) is 0 Å². The molecule has 90 valence electrons. The second-order valence-corrected chi connectivity index (χ2v) is 4.67. The van der Waals surface area contributed by atoms with Gasteiger partial charge in [0.05, 0.1) is 12.1 Å². The summed E-state index contributed by atoms with van der Waals surface area (Å²) in [5, 5.41) is 0. The van der Waals surface area contributed by atoms with Crippen LogP contribution in [0, 0.1) is 5.82 Å². The lowest BCUT2D eigenvalue weighted by Gasteiger charge is -2.15. The van der Waals surface area contributed by atoms with Crippen LogP contribution in [0.15, 0.2) is 29.3 Å². The van der Waals surface area contributed by atoms with Crippen molar-refractivity contribution in [2.75, 3.05) is 0 Å². The normalized spacial score (nSPS) is 30.6. The van der Waals surface area contributed by atoms with Crippen LogP contribution in [0.3, 0.4) is 0 Å². The summed E-state index contributed by atoms with van der Waals surface area (Å²) in [4.78, 5) is 4.40. The molecule has 17 heavy (non-hydrogen) atoms. The van der Waals surface area contributed by atoms with Crippen LogP contribution >= 0.6 is 0 Å². The first-order valence-electron chi connectivity index (χ1n) is 5.96.